The summed E-state index contributed by atoms with van der Waals surface area (Å²) in [6.07, 6.45) is 0. The van der Waals surface area contributed by atoms with Crippen LogP contribution in [0.3, 0.4) is 0 Å². The quantitative estimate of drug-likeness (QED) is 0.786. The van der Waals surface area contributed by atoms with Gasteiger partial charge in [-0.2, -0.15) is 4.31 Å². The highest BCUT2D eigenvalue weighted by Gasteiger charge is 2.21. The number of carbonyl (C=O) groups is 1. The summed E-state index contributed by atoms with van der Waals surface area (Å²) in [6, 6.07) is 10.5. The second-order valence-corrected chi connectivity index (χ2v) is 7.97. The molecule has 0 aliphatic heterocycles. The molecule has 0 aliphatic rings. The monoisotopic (exact) mass is 400 g/mol. The van der Waals surface area contributed by atoms with E-state index in [1.165, 1.54) is 34.6 Å². The van der Waals surface area contributed by atoms with Crippen molar-refractivity contribution in [2.75, 3.05) is 18.4 Å². The lowest BCUT2D eigenvalue weighted by molar-refractivity contribution is 0.102. The molecule has 0 aromatic heterocycles. The van der Waals surface area contributed by atoms with Crippen molar-refractivity contribution in [1.82, 2.24) is 4.31 Å². The van der Waals surface area contributed by atoms with Gasteiger partial charge in [0, 0.05) is 23.7 Å². The van der Waals surface area contributed by atoms with Crippen LogP contribution >= 0.6 is 23.2 Å². The van der Waals surface area contributed by atoms with Crippen molar-refractivity contribution >= 4 is 44.8 Å². The summed E-state index contributed by atoms with van der Waals surface area (Å²) in [7, 11) is -3.55. The van der Waals surface area contributed by atoms with Crippen LogP contribution in [0.1, 0.15) is 24.2 Å². The Morgan fingerprint density at radius 2 is 1.64 bits per heavy atom. The predicted octanol–water partition coefficient (Wildman–Crippen LogP) is 4.28. The Balaban J connectivity index is 2.20. The molecular formula is C17H18Cl2N2O3S. The average molecular weight is 401 g/mol. The third kappa shape index (κ3) is 4.52. The first-order chi connectivity index (χ1) is 11.8. The highest BCUT2D eigenvalue weighted by Crippen LogP contribution is 2.26. The fraction of sp³-hybridized carbons (Fsp3) is 0.235. The number of amides is 1. The van der Waals surface area contributed by atoms with Gasteiger partial charge in [0.25, 0.3) is 5.91 Å². The summed E-state index contributed by atoms with van der Waals surface area (Å²) in [4.78, 5) is 12.4. The highest BCUT2D eigenvalue weighted by atomic mass is 35.5. The number of nitrogens with one attached hydrogen (secondary N) is 1. The number of sulfonamides is 1. The largest absolute Gasteiger partial charge is 0.321 e. The molecule has 25 heavy (non-hydrogen) atoms. The van der Waals surface area contributed by atoms with Crippen molar-refractivity contribution in [3.05, 3.63) is 58.1 Å². The zero-order valence-electron chi connectivity index (χ0n) is 13.8. The van der Waals surface area contributed by atoms with E-state index in [0.717, 1.165) is 0 Å². The molecule has 8 heteroatoms. The molecule has 0 unspecified atom stereocenters. The Labute approximate surface area is 157 Å². The van der Waals surface area contributed by atoms with Crippen LogP contribution in [0, 0.1) is 0 Å². The maximum Gasteiger partial charge on any atom is 0.255 e. The van der Waals surface area contributed by atoms with Crippen LogP contribution in [0.2, 0.25) is 10.0 Å². The normalized spacial score (nSPS) is 11.6. The molecule has 5 nitrogen and oxygen atoms in total. The lowest BCUT2D eigenvalue weighted by Gasteiger charge is -2.18. The number of nitrogens with zero attached hydrogens (tertiary/aromatic N) is 1. The van der Waals surface area contributed by atoms with Gasteiger partial charge in [-0.25, -0.2) is 8.42 Å². The number of carbonyl (C=O) groups excluding carboxylic acids is 1. The minimum absolute atomic E-state index is 0.150. The zero-order valence-corrected chi connectivity index (χ0v) is 16.1. The van der Waals surface area contributed by atoms with Crippen LogP contribution in [0.4, 0.5) is 5.69 Å². The summed E-state index contributed by atoms with van der Waals surface area (Å²) in [6.45, 7) is 4.32. The summed E-state index contributed by atoms with van der Waals surface area (Å²) in [5, 5.41) is 3.46. The SMILES string of the molecule is CCN(CC)S(=O)(=O)c1ccc(C(=O)Nc2ccc(Cl)cc2Cl)cc1. The van der Waals surface area contributed by atoms with Crippen LogP contribution in [-0.4, -0.2) is 31.7 Å². The Morgan fingerprint density at radius 1 is 1.04 bits per heavy atom. The van der Waals surface area contributed by atoms with Crippen molar-refractivity contribution in [1.29, 1.82) is 0 Å². The first-order valence-electron chi connectivity index (χ1n) is 7.66. The van der Waals surface area contributed by atoms with Gasteiger partial charge in [0.2, 0.25) is 10.0 Å². The molecule has 0 saturated heterocycles. The Bertz CT molecular complexity index is 864. The number of anilines is 1. The molecule has 1 amide bonds. The molecule has 0 radical (unpaired) electrons. The molecule has 0 spiro atoms. The first-order valence-corrected chi connectivity index (χ1v) is 9.85. The molecule has 134 valence electrons. The van der Waals surface area contributed by atoms with Gasteiger partial charge < -0.3 is 5.32 Å². The minimum atomic E-state index is -3.55. The molecule has 2 aromatic carbocycles. The fourth-order valence-electron chi connectivity index (χ4n) is 2.28. The van der Waals surface area contributed by atoms with Crippen LogP contribution in [0.25, 0.3) is 0 Å². The van der Waals surface area contributed by atoms with Crippen molar-refractivity contribution in [3.8, 4) is 0 Å². The highest BCUT2D eigenvalue weighted by molar-refractivity contribution is 7.89. The van der Waals surface area contributed by atoms with Gasteiger partial charge in [-0.05, 0) is 42.5 Å². The van der Waals surface area contributed by atoms with Gasteiger partial charge in [0.15, 0.2) is 0 Å². The Kier molecular flexibility index (Phi) is 6.46. The van der Waals surface area contributed by atoms with E-state index in [0.29, 0.717) is 34.4 Å². The molecule has 0 saturated carbocycles. The van der Waals surface area contributed by atoms with E-state index in [-0.39, 0.29) is 4.90 Å². The summed E-state index contributed by atoms with van der Waals surface area (Å²) in [5.74, 6) is -0.393. The van der Waals surface area contributed by atoms with Crippen molar-refractivity contribution in [2.45, 2.75) is 18.7 Å². The Hall–Kier alpha value is -1.60. The van der Waals surface area contributed by atoms with E-state index in [9.17, 15) is 13.2 Å². The second-order valence-electron chi connectivity index (χ2n) is 5.19. The van der Waals surface area contributed by atoms with Gasteiger partial charge in [0.1, 0.15) is 0 Å². The van der Waals surface area contributed by atoms with E-state index < -0.39 is 15.9 Å². The fourth-order valence-corrected chi connectivity index (χ4v) is 4.19. The van der Waals surface area contributed by atoms with E-state index in [2.05, 4.69) is 5.32 Å². The standard InChI is InChI=1S/C17H18Cl2N2O3S/c1-3-21(4-2)25(23,24)14-8-5-12(6-9-14)17(22)20-16-10-7-13(18)11-15(16)19/h5-11H,3-4H2,1-2H3,(H,20,22). The number of hydrogen-bond acceptors (Lipinski definition) is 3. The maximum atomic E-state index is 12.4. The molecule has 0 bridgehead atoms. The van der Waals surface area contributed by atoms with Gasteiger partial charge in [-0.3, -0.25) is 4.79 Å². The number of halogens is 2. The van der Waals surface area contributed by atoms with Gasteiger partial charge in [-0.1, -0.05) is 37.0 Å². The van der Waals surface area contributed by atoms with Crippen molar-refractivity contribution < 1.29 is 13.2 Å². The van der Waals surface area contributed by atoms with Crippen LogP contribution < -0.4 is 5.32 Å². The van der Waals surface area contributed by atoms with Crippen LogP contribution in [0.15, 0.2) is 47.4 Å². The zero-order chi connectivity index (χ0) is 18.6. The molecule has 2 rings (SSSR count). The molecule has 0 atom stereocenters. The minimum Gasteiger partial charge on any atom is -0.321 e. The van der Waals surface area contributed by atoms with Crippen molar-refractivity contribution in [2.24, 2.45) is 0 Å². The summed E-state index contributed by atoms with van der Waals surface area (Å²) in [5.41, 5.74) is 0.750. The molecular weight excluding hydrogens is 383 g/mol. The number of hydrogen-bond donors (Lipinski definition) is 1. The van der Waals surface area contributed by atoms with E-state index in [4.69, 9.17) is 23.2 Å². The predicted molar refractivity (Wildman–Crippen MR) is 101 cm³/mol. The second kappa shape index (κ2) is 8.19. The summed E-state index contributed by atoms with van der Waals surface area (Å²) >= 11 is 11.9. The molecule has 0 heterocycles. The number of rotatable bonds is 6. The van der Waals surface area contributed by atoms with Gasteiger partial charge >= 0.3 is 0 Å². The van der Waals surface area contributed by atoms with Crippen molar-refractivity contribution in [3.63, 3.8) is 0 Å². The number of benzene rings is 2. The Morgan fingerprint density at radius 3 is 2.16 bits per heavy atom. The lowest BCUT2D eigenvalue weighted by atomic mass is 10.2. The third-order valence-corrected chi connectivity index (χ3v) is 6.25. The maximum absolute atomic E-state index is 12.4. The molecule has 0 aliphatic carbocycles. The third-order valence-electron chi connectivity index (χ3n) is 3.64. The van der Waals surface area contributed by atoms with E-state index in [1.807, 2.05) is 0 Å². The van der Waals surface area contributed by atoms with E-state index >= 15 is 0 Å². The lowest BCUT2D eigenvalue weighted by Crippen LogP contribution is -2.30. The first kappa shape index (κ1) is 19.7. The van der Waals surface area contributed by atoms with Gasteiger partial charge in [0.05, 0.1) is 15.6 Å². The topological polar surface area (TPSA) is 66.5 Å². The molecule has 0 fully saturated rings. The summed E-state index contributed by atoms with van der Waals surface area (Å²) < 4.78 is 26.2. The molecule has 2 aromatic rings. The molecule has 1 N–H and O–H groups in total. The van der Waals surface area contributed by atoms with Gasteiger partial charge in [-0.15, -0.1) is 0 Å². The van der Waals surface area contributed by atoms with E-state index in [1.54, 1.807) is 26.0 Å². The van der Waals surface area contributed by atoms with Crippen LogP contribution in [-0.2, 0) is 10.0 Å². The average Bonchev–Trinajstić information content (AvgIpc) is 2.58. The van der Waals surface area contributed by atoms with Crippen LogP contribution in [0.5, 0.6) is 0 Å². The smallest absolute Gasteiger partial charge is 0.255 e.